The van der Waals surface area contributed by atoms with Crippen LogP contribution in [0.1, 0.15) is 71.6 Å². The number of unbranched alkanes of at least 4 members (excludes halogenated alkanes) is 6. The van der Waals surface area contributed by atoms with E-state index >= 15 is 0 Å². The SMILES string of the molecule is CCCCCCOC1C=CC=C(/C=C/C(=O)OCCCCCCOC(=O)CC)C=C1OC. The van der Waals surface area contributed by atoms with Crippen LogP contribution in [-0.4, -0.2) is 45.0 Å². The molecule has 0 fully saturated rings. The molecule has 0 saturated heterocycles. The van der Waals surface area contributed by atoms with Gasteiger partial charge in [-0.05, 0) is 55.9 Å². The van der Waals surface area contributed by atoms with Crippen molar-refractivity contribution in [3.8, 4) is 0 Å². The Bertz CT molecular complexity index is 659. The van der Waals surface area contributed by atoms with Gasteiger partial charge in [0.1, 0.15) is 11.9 Å². The van der Waals surface area contributed by atoms with E-state index in [-0.39, 0.29) is 18.0 Å². The second-order valence-corrected chi connectivity index (χ2v) is 7.64. The van der Waals surface area contributed by atoms with Gasteiger partial charge in [0.2, 0.25) is 0 Å². The molecule has 6 heteroatoms. The molecule has 0 spiro atoms. The van der Waals surface area contributed by atoms with E-state index in [9.17, 15) is 9.59 Å². The Morgan fingerprint density at radius 2 is 1.62 bits per heavy atom. The first-order valence-corrected chi connectivity index (χ1v) is 11.9. The fraction of sp³-hybridized carbons (Fsp3) is 0.615. The Hall–Kier alpha value is -2.34. The van der Waals surface area contributed by atoms with E-state index in [4.69, 9.17) is 18.9 Å². The maximum Gasteiger partial charge on any atom is 0.330 e. The minimum absolute atomic E-state index is 0.164. The first kappa shape index (κ1) is 27.7. The zero-order valence-electron chi connectivity index (χ0n) is 20.0. The van der Waals surface area contributed by atoms with E-state index in [1.165, 1.54) is 25.3 Å². The van der Waals surface area contributed by atoms with E-state index in [2.05, 4.69) is 6.92 Å². The van der Waals surface area contributed by atoms with Crippen LogP contribution in [-0.2, 0) is 28.5 Å². The average Bonchev–Trinajstić information content (AvgIpc) is 3.00. The Balaban J connectivity index is 2.30. The number of allylic oxidation sites excluding steroid dienone is 5. The average molecular weight is 449 g/mol. The maximum absolute atomic E-state index is 12.0. The molecule has 1 aliphatic rings. The van der Waals surface area contributed by atoms with E-state index in [0.29, 0.717) is 32.0 Å². The first-order chi connectivity index (χ1) is 15.6. The van der Waals surface area contributed by atoms with Crippen molar-refractivity contribution in [2.45, 2.75) is 77.7 Å². The molecule has 0 N–H and O–H groups in total. The smallest absolute Gasteiger partial charge is 0.330 e. The molecule has 1 atom stereocenters. The van der Waals surface area contributed by atoms with Gasteiger partial charge in [0, 0.05) is 19.1 Å². The number of carbonyl (C=O) groups excluding carboxylic acids is 2. The third-order valence-corrected chi connectivity index (χ3v) is 4.94. The summed E-state index contributed by atoms with van der Waals surface area (Å²) < 4.78 is 21.7. The van der Waals surface area contributed by atoms with Crippen molar-refractivity contribution in [3.63, 3.8) is 0 Å². The molecule has 0 saturated carbocycles. The van der Waals surface area contributed by atoms with E-state index < -0.39 is 0 Å². The molecule has 0 aromatic heterocycles. The van der Waals surface area contributed by atoms with Crippen LogP contribution in [0.5, 0.6) is 0 Å². The van der Waals surface area contributed by atoms with E-state index in [1.54, 1.807) is 20.1 Å². The molecule has 0 radical (unpaired) electrons. The van der Waals surface area contributed by atoms with Crippen molar-refractivity contribution < 1.29 is 28.5 Å². The number of hydrogen-bond acceptors (Lipinski definition) is 6. The van der Waals surface area contributed by atoms with Gasteiger partial charge in [-0.1, -0.05) is 45.3 Å². The van der Waals surface area contributed by atoms with E-state index in [1.807, 2.05) is 24.3 Å². The van der Waals surface area contributed by atoms with Crippen molar-refractivity contribution >= 4 is 11.9 Å². The fourth-order valence-corrected chi connectivity index (χ4v) is 3.04. The fourth-order valence-electron chi connectivity index (χ4n) is 3.04. The second kappa shape index (κ2) is 18.3. The third kappa shape index (κ3) is 13.2. The molecule has 0 aliphatic heterocycles. The third-order valence-electron chi connectivity index (χ3n) is 4.94. The van der Waals surface area contributed by atoms with Gasteiger partial charge in [0.15, 0.2) is 0 Å². The number of ether oxygens (including phenoxy) is 4. The lowest BCUT2D eigenvalue weighted by Crippen LogP contribution is -2.15. The summed E-state index contributed by atoms with van der Waals surface area (Å²) in [6.45, 7) is 5.50. The Morgan fingerprint density at radius 3 is 2.31 bits per heavy atom. The summed E-state index contributed by atoms with van der Waals surface area (Å²) in [5, 5.41) is 0. The van der Waals surface area contributed by atoms with E-state index in [0.717, 1.165) is 37.7 Å². The van der Waals surface area contributed by atoms with Crippen LogP contribution in [0.2, 0.25) is 0 Å². The predicted octanol–water partition coefficient (Wildman–Crippen LogP) is 5.59. The van der Waals surface area contributed by atoms with Gasteiger partial charge in [-0.2, -0.15) is 0 Å². The number of esters is 2. The zero-order chi connectivity index (χ0) is 23.4. The van der Waals surface area contributed by atoms with Crippen LogP contribution in [0.3, 0.4) is 0 Å². The molecule has 6 nitrogen and oxygen atoms in total. The van der Waals surface area contributed by atoms with Crippen LogP contribution < -0.4 is 0 Å². The molecule has 1 rings (SSSR count). The number of rotatable bonds is 17. The lowest BCUT2D eigenvalue weighted by Gasteiger charge is -2.16. The van der Waals surface area contributed by atoms with Crippen LogP contribution in [0.4, 0.5) is 0 Å². The molecule has 0 aromatic rings. The summed E-state index contributed by atoms with van der Waals surface area (Å²) >= 11 is 0. The molecule has 1 aliphatic carbocycles. The summed E-state index contributed by atoms with van der Waals surface area (Å²) in [5.41, 5.74) is 0.841. The highest BCUT2D eigenvalue weighted by Gasteiger charge is 2.14. The summed E-state index contributed by atoms with van der Waals surface area (Å²) in [7, 11) is 1.63. The zero-order valence-corrected chi connectivity index (χ0v) is 20.0. The molecule has 0 heterocycles. The Kier molecular flexibility index (Phi) is 15.8. The maximum atomic E-state index is 12.0. The van der Waals surface area contributed by atoms with Crippen molar-refractivity contribution in [2.75, 3.05) is 26.9 Å². The van der Waals surface area contributed by atoms with Gasteiger partial charge in [0.25, 0.3) is 0 Å². The second-order valence-electron chi connectivity index (χ2n) is 7.64. The monoisotopic (exact) mass is 448 g/mol. The standard InChI is InChI=1S/C26H40O6/c1-4-6-7-10-18-30-23-15-13-14-22(21-24(23)29-3)16-17-26(28)32-20-12-9-8-11-19-31-25(27)5-2/h13-17,21,23H,4-12,18-20H2,1-3H3/b17-16+. The lowest BCUT2D eigenvalue weighted by molar-refractivity contribution is -0.143. The van der Waals surface area contributed by atoms with Crippen molar-refractivity contribution in [2.24, 2.45) is 0 Å². The quantitative estimate of drug-likeness (QED) is 0.164. The highest BCUT2D eigenvalue weighted by atomic mass is 16.5. The molecule has 1 unspecified atom stereocenters. The minimum Gasteiger partial charge on any atom is -0.498 e. The summed E-state index contributed by atoms with van der Waals surface area (Å²) in [6, 6.07) is 0. The van der Waals surface area contributed by atoms with Crippen LogP contribution >= 0.6 is 0 Å². The summed E-state index contributed by atoms with van der Waals surface area (Å²) in [4.78, 5) is 23.0. The molecule has 32 heavy (non-hydrogen) atoms. The molecule has 0 bridgehead atoms. The summed E-state index contributed by atoms with van der Waals surface area (Å²) in [5.74, 6) is 0.179. The summed E-state index contributed by atoms with van der Waals surface area (Å²) in [6.07, 6.45) is 19.1. The molecule has 180 valence electrons. The molecular weight excluding hydrogens is 408 g/mol. The number of carbonyl (C=O) groups is 2. The highest BCUT2D eigenvalue weighted by Crippen LogP contribution is 2.18. The Labute approximate surface area is 193 Å². The van der Waals surface area contributed by atoms with Gasteiger partial charge in [0.05, 0.1) is 20.3 Å². The number of methoxy groups -OCH3 is 1. The van der Waals surface area contributed by atoms with Gasteiger partial charge >= 0.3 is 11.9 Å². The Morgan fingerprint density at radius 1 is 0.938 bits per heavy atom. The topological polar surface area (TPSA) is 71.1 Å². The number of hydrogen-bond donors (Lipinski definition) is 0. The van der Waals surface area contributed by atoms with Gasteiger partial charge < -0.3 is 18.9 Å². The highest BCUT2D eigenvalue weighted by molar-refractivity contribution is 5.82. The van der Waals surface area contributed by atoms with Crippen LogP contribution in [0.15, 0.2) is 47.8 Å². The van der Waals surface area contributed by atoms with Gasteiger partial charge in [-0.3, -0.25) is 4.79 Å². The normalized spacial score (nSPS) is 15.8. The first-order valence-electron chi connectivity index (χ1n) is 11.9. The molecule has 0 aromatic carbocycles. The lowest BCUT2D eigenvalue weighted by atomic mass is 10.2. The van der Waals surface area contributed by atoms with Crippen LogP contribution in [0.25, 0.3) is 0 Å². The van der Waals surface area contributed by atoms with Crippen molar-refractivity contribution in [3.05, 3.63) is 47.8 Å². The van der Waals surface area contributed by atoms with Gasteiger partial charge in [-0.25, -0.2) is 4.79 Å². The largest absolute Gasteiger partial charge is 0.498 e. The van der Waals surface area contributed by atoms with Crippen LogP contribution in [0, 0.1) is 0 Å². The predicted molar refractivity (Wildman–Crippen MR) is 126 cm³/mol. The molecule has 0 amide bonds. The van der Waals surface area contributed by atoms with Crippen molar-refractivity contribution in [1.29, 1.82) is 0 Å². The van der Waals surface area contributed by atoms with Crippen molar-refractivity contribution in [1.82, 2.24) is 0 Å². The molecular formula is C26H40O6. The van der Waals surface area contributed by atoms with Gasteiger partial charge in [-0.15, -0.1) is 0 Å². The minimum atomic E-state index is -0.368.